The van der Waals surface area contributed by atoms with Crippen molar-refractivity contribution in [2.24, 2.45) is 0 Å². The maximum atomic E-state index is 12.9. The zero-order valence-corrected chi connectivity index (χ0v) is 18.5. The molecule has 1 aromatic heterocycles. The number of thiocarbonyl (C=S) groups is 1. The largest absolute Gasteiger partial charge is 0.497 e. The highest BCUT2D eigenvalue weighted by atomic mass is 127. The summed E-state index contributed by atoms with van der Waals surface area (Å²) in [6, 6.07) is 19.1. The Bertz CT molecular complexity index is 1070. The number of hydrogen-bond donors (Lipinski definition) is 0. The number of nitrogens with zero attached hydrogens (tertiary/aromatic N) is 1. The Kier molecular flexibility index (Phi) is 5.56. The molecule has 0 atom stereocenters. The molecule has 1 aliphatic heterocycles. The third kappa shape index (κ3) is 3.87. The van der Waals surface area contributed by atoms with Gasteiger partial charge in [-0.3, -0.25) is 9.69 Å². The molecule has 0 aliphatic carbocycles. The van der Waals surface area contributed by atoms with Crippen LogP contribution in [0, 0.1) is 3.57 Å². The van der Waals surface area contributed by atoms with Gasteiger partial charge in [0.2, 0.25) is 0 Å². The van der Waals surface area contributed by atoms with Crippen LogP contribution in [0.5, 0.6) is 5.75 Å². The SMILES string of the molecule is COc1ccc(N2C(=O)/C(=C/c3ccc(-c4ccc(I)cc4)o3)SC2=S)cc1. The van der Waals surface area contributed by atoms with Crippen LogP contribution < -0.4 is 9.64 Å². The monoisotopic (exact) mass is 519 g/mol. The number of anilines is 1. The van der Waals surface area contributed by atoms with Crippen molar-refractivity contribution in [1.82, 2.24) is 0 Å². The number of methoxy groups -OCH3 is 1. The zero-order valence-electron chi connectivity index (χ0n) is 14.7. The fraction of sp³-hybridized carbons (Fsp3) is 0.0476. The number of amides is 1. The minimum atomic E-state index is -0.160. The van der Waals surface area contributed by atoms with E-state index in [9.17, 15) is 4.79 Å². The van der Waals surface area contributed by atoms with E-state index < -0.39 is 0 Å². The van der Waals surface area contributed by atoms with Gasteiger partial charge in [0.15, 0.2) is 4.32 Å². The fourth-order valence-corrected chi connectivity index (χ4v) is 4.39. The Balaban J connectivity index is 1.58. The van der Waals surface area contributed by atoms with E-state index in [1.165, 1.54) is 16.7 Å². The van der Waals surface area contributed by atoms with Crippen molar-refractivity contribution < 1.29 is 13.9 Å². The molecule has 140 valence electrons. The van der Waals surface area contributed by atoms with E-state index in [4.69, 9.17) is 21.4 Å². The first-order valence-electron chi connectivity index (χ1n) is 8.33. The van der Waals surface area contributed by atoms with Gasteiger partial charge in [-0.05, 0) is 71.1 Å². The summed E-state index contributed by atoms with van der Waals surface area (Å²) in [5, 5.41) is 0. The number of hydrogen-bond acceptors (Lipinski definition) is 5. The molecule has 0 bridgehead atoms. The van der Waals surface area contributed by atoms with Gasteiger partial charge in [-0.15, -0.1) is 0 Å². The number of halogens is 1. The summed E-state index contributed by atoms with van der Waals surface area (Å²) in [4.78, 5) is 14.9. The highest BCUT2D eigenvalue weighted by Gasteiger charge is 2.33. The lowest BCUT2D eigenvalue weighted by atomic mass is 10.2. The van der Waals surface area contributed by atoms with Crippen molar-refractivity contribution in [3.05, 3.63) is 74.9 Å². The van der Waals surface area contributed by atoms with Crippen molar-refractivity contribution in [1.29, 1.82) is 0 Å². The number of furan rings is 1. The normalized spacial score (nSPS) is 15.5. The molecule has 1 saturated heterocycles. The lowest BCUT2D eigenvalue weighted by Crippen LogP contribution is -2.27. The number of carbonyl (C=O) groups excluding carboxylic acids is 1. The third-order valence-electron chi connectivity index (χ3n) is 4.15. The Hall–Kier alpha value is -2.10. The van der Waals surface area contributed by atoms with Crippen LogP contribution in [0.4, 0.5) is 5.69 Å². The Morgan fingerprint density at radius 1 is 1.07 bits per heavy atom. The van der Waals surface area contributed by atoms with Crippen molar-refractivity contribution in [3.8, 4) is 17.1 Å². The lowest BCUT2D eigenvalue weighted by Gasteiger charge is -2.14. The van der Waals surface area contributed by atoms with Crippen LogP contribution in [0.1, 0.15) is 5.76 Å². The van der Waals surface area contributed by atoms with Gasteiger partial charge in [0.1, 0.15) is 17.3 Å². The van der Waals surface area contributed by atoms with Gasteiger partial charge in [-0.2, -0.15) is 0 Å². The highest BCUT2D eigenvalue weighted by Crippen LogP contribution is 2.37. The number of rotatable bonds is 4. The molecule has 28 heavy (non-hydrogen) atoms. The summed E-state index contributed by atoms with van der Waals surface area (Å²) in [7, 11) is 1.60. The predicted octanol–water partition coefficient (Wildman–Crippen LogP) is 5.97. The standard InChI is InChI=1S/C21H14INO3S2/c1-25-16-8-6-15(7-9-16)23-20(24)19(28-21(23)27)12-17-10-11-18(26-17)13-2-4-14(22)5-3-13/h2-12H,1H3/b19-12-. The quantitative estimate of drug-likeness (QED) is 0.242. The second kappa shape index (κ2) is 8.10. The van der Waals surface area contributed by atoms with Crippen molar-refractivity contribution in [3.63, 3.8) is 0 Å². The average molecular weight is 519 g/mol. The molecule has 2 aromatic carbocycles. The predicted molar refractivity (Wildman–Crippen MR) is 126 cm³/mol. The molecule has 0 N–H and O–H groups in total. The minimum Gasteiger partial charge on any atom is -0.497 e. The minimum absolute atomic E-state index is 0.160. The number of carbonyl (C=O) groups is 1. The van der Waals surface area contributed by atoms with Gasteiger partial charge in [0.25, 0.3) is 5.91 Å². The van der Waals surface area contributed by atoms with Crippen LogP contribution in [-0.4, -0.2) is 17.3 Å². The van der Waals surface area contributed by atoms with E-state index in [2.05, 4.69) is 22.6 Å². The molecule has 0 spiro atoms. The van der Waals surface area contributed by atoms with Crippen molar-refractivity contribution >= 4 is 68.6 Å². The Morgan fingerprint density at radius 3 is 2.46 bits per heavy atom. The number of ether oxygens (including phenoxy) is 1. The van der Waals surface area contributed by atoms with Crippen LogP contribution in [0.3, 0.4) is 0 Å². The number of thioether (sulfide) groups is 1. The van der Waals surface area contributed by atoms with E-state index >= 15 is 0 Å². The van der Waals surface area contributed by atoms with E-state index in [1.54, 1.807) is 25.3 Å². The summed E-state index contributed by atoms with van der Waals surface area (Å²) in [5.74, 6) is 1.94. The molecule has 3 aromatic rings. The molecule has 4 nitrogen and oxygen atoms in total. The van der Waals surface area contributed by atoms with E-state index in [1.807, 2.05) is 48.5 Å². The molecule has 0 saturated carbocycles. The van der Waals surface area contributed by atoms with Crippen molar-refractivity contribution in [2.45, 2.75) is 0 Å². The third-order valence-corrected chi connectivity index (χ3v) is 6.17. The van der Waals surface area contributed by atoms with E-state index in [0.29, 0.717) is 20.7 Å². The van der Waals surface area contributed by atoms with Gasteiger partial charge in [0.05, 0.1) is 17.7 Å². The lowest BCUT2D eigenvalue weighted by molar-refractivity contribution is -0.113. The summed E-state index contributed by atoms with van der Waals surface area (Å²) >= 11 is 8.94. The fourth-order valence-electron chi connectivity index (χ4n) is 2.75. The number of benzene rings is 2. The average Bonchev–Trinajstić information content (AvgIpc) is 3.27. The van der Waals surface area contributed by atoms with Gasteiger partial charge in [-0.1, -0.05) is 36.1 Å². The molecule has 0 radical (unpaired) electrons. The van der Waals surface area contributed by atoms with Gasteiger partial charge in [0, 0.05) is 15.2 Å². The summed E-state index contributed by atoms with van der Waals surface area (Å²) < 4.78 is 12.7. The molecule has 2 heterocycles. The van der Waals surface area contributed by atoms with E-state index in [0.717, 1.165) is 20.6 Å². The summed E-state index contributed by atoms with van der Waals surface area (Å²) in [6.07, 6.45) is 1.74. The topological polar surface area (TPSA) is 42.7 Å². The van der Waals surface area contributed by atoms with Crippen LogP contribution in [0.25, 0.3) is 17.4 Å². The first-order chi connectivity index (χ1) is 13.5. The van der Waals surface area contributed by atoms with Crippen LogP contribution >= 0.6 is 46.6 Å². The van der Waals surface area contributed by atoms with Crippen molar-refractivity contribution in [2.75, 3.05) is 12.0 Å². The maximum absolute atomic E-state index is 12.9. The van der Waals surface area contributed by atoms with Gasteiger partial charge >= 0.3 is 0 Å². The molecule has 0 unspecified atom stereocenters. The first kappa shape index (κ1) is 19.2. The highest BCUT2D eigenvalue weighted by molar-refractivity contribution is 14.1. The molecule has 1 aliphatic rings. The molecule has 4 rings (SSSR count). The smallest absolute Gasteiger partial charge is 0.270 e. The molecule has 1 fully saturated rings. The van der Waals surface area contributed by atoms with Crippen LogP contribution in [-0.2, 0) is 4.79 Å². The molecule has 1 amide bonds. The maximum Gasteiger partial charge on any atom is 0.270 e. The second-order valence-electron chi connectivity index (χ2n) is 5.92. The van der Waals surface area contributed by atoms with E-state index in [-0.39, 0.29) is 5.91 Å². The Labute approximate surface area is 185 Å². The first-order valence-corrected chi connectivity index (χ1v) is 10.6. The summed E-state index contributed by atoms with van der Waals surface area (Å²) in [5.41, 5.74) is 1.71. The van der Waals surface area contributed by atoms with Gasteiger partial charge in [-0.25, -0.2) is 0 Å². The second-order valence-corrected chi connectivity index (χ2v) is 8.85. The zero-order chi connectivity index (χ0) is 19.7. The Morgan fingerprint density at radius 2 is 1.79 bits per heavy atom. The van der Waals surface area contributed by atoms with Crippen LogP contribution in [0.15, 0.2) is 70.0 Å². The molecular weight excluding hydrogens is 505 g/mol. The summed E-state index contributed by atoms with van der Waals surface area (Å²) in [6.45, 7) is 0. The molecular formula is C21H14INO3S2. The van der Waals surface area contributed by atoms with Crippen LogP contribution in [0.2, 0.25) is 0 Å². The molecule has 7 heteroatoms. The van der Waals surface area contributed by atoms with Gasteiger partial charge < -0.3 is 9.15 Å².